The van der Waals surface area contributed by atoms with Crippen LogP contribution in [0.25, 0.3) is 10.6 Å². The van der Waals surface area contributed by atoms with E-state index in [0.29, 0.717) is 10.2 Å². The number of rotatable bonds is 1. The van der Waals surface area contributed by atoms with E-state index in [1.165, 1.54) is 0 Å². The number of nitrogens with zero attached hydrogens (tertiary/aromatic N) is 1. The second kappa shape index (κ2) is 3.19. The van der Waals surface area contributed by atoms with Crippen LogP contribution in [0.1, 0.15) is 0 Å². The lowest BCUT2D eigenvalue weighted by Gasteiger charge is -1.91. The molecule has 2 nitrogen and oxygen atoms in total. The number of aromatic amines is 1. The molecule has 0 aliphatic rings. The summed E-state index contributed by atoms with van der Waals surface area (Å²) in [6.07, 6.45) is 1.56. The van der Waals surface area contributed by atoms with Crippen molar-refractivity contribution in [2.45, 2.75) is 0 Å². The average molecular weight is 265 g/mol. The number of hydrogen-bond acceptors (Lipinski definition) is 2. The second-order valence-corrected chi connectivity index (χ2v) is 4.04. The van der Waals surface area contributed by atoms with Gasteiger partial charge in [-0.25, -0.2) is 8.78 Å². The van der Waals surface area contributed by atoms with E-state index in [1.807, 2.05) is 0 Å². The van der Waals surface area contributed by atoms with Crippen LogP contribution < -0.4 is 0 Å². The number of halogens is 3. The number of aromatic nitrogens is 2. The summed E-state index contributed by atoms with van der Waals surface area (Å²) in [7, 11) is 0. The summed E-state index contributed by atoms with van der Waals surface area (Å²) in [5, 5.41) is 7.46. The summed E-state index contributed by atoms with van der Waals surface area (Å²) in [5.41, 5.74) is 0.395. The van der Waals surface area contributed by atoms with Gasteiger partial charge in [0.25, 0.3) is 0 Å². The van der Waals surface area contributed by atoms with Crippen LogP contribution in [-0.2, 0) is 0 Å². The lowest BCUT2D eigenvalue weighted by molar-refractivity contribution is 0.518. The van der Waals surface area contributed by atoms with Crippen LogP contribution in [0.4, 0.5) is 8.78 Å². The van der Waals surface area contributed by atoms with Crippen molar-refractivity contribution in [1.82, 2.24) is 10.2 Å². The van der Waals surface area contributed by atoms with Crippen molar-refractivity contribution in [3.8, 4) is 10.6 Å². The molecule has 13 heavy (non-hydrogen) atoms. The topological polar surface area (TPSA) is 28.7 Å². The Morgan fingerprint density at radius 1 is 1.46 bits per heavy atom. The Hall–Kier alpha value is -0.750. The minimum atomic E-state index is -0.849. The molecule has 0 aliphatic heterocycles. The molecule has 2 rings (SSSR count). The van der Waals surface area contributed by atoms with Crippen LogP contribution in [0.3, 0.4) is 0 Å². The van der Waals surface area contributed by atoms with Gasteiger partial charge in [-0.2, -0.15) is 5.10 Å². The van der Waals surface area contributed by atoms with Gasteiger partial charge in [-0.05, 0) is 15.9 Å². The van der Waals surface area contributed by atoms with Crippen molar-refractivity contribution in [1.29, 1.82) is 0 Å². The molecule has 0 bridgehead atoms. The van der Waals surface area contributed by atoms with Gasteiger partial charge < -0.3 is 0 Å². The molecule has 6 heteroatoms. The molecule has 0 saturated carbocycles. The maximum Gasteiger partial charge on any atom is 0.179 e. The molecule has 2 aromatic heterocycles. The number of nitrogens with one attached hydrogen (secondary N) is 1. The Kier molecular flexibility index (Phi) is 2.17. The maximum atomic E-state index is 13.1. The van der Waals surface area contributed by atoms with Gasteiger partial charge in [-0.15, -0.1) is 11.3 Å². The summed E-state index contributed by atoms with van der Waals surface area (Å²) >= 11 is 4.16. The zero-order valence-corrected chi connectivity index (χ0v) is 8.55. The van der Waals surface area contributed by atoms with Gasteiger partial charge in [-0.3, -0.25) is 5.10 Å². The standard InChI is InChI=1S/C7H3BrF2N2S/c8-3-1-11-12-6(3)7-5(10)4(9)2-13-7/h1-2H,(H,11,12). The average Bonchev–Trinajstić information content (AvgIpc) is 2.62. The third kappa shape index (κ3) is 1.40. The molecule has 2 heterocycles. The van der Waals surface area contributed by atoms with Crippen molar-refractivity contribution in [3.05, 3.63) is 27.7 Å². The van der Waals surface area contributed by atoms with E-state index in [2.05, 4.69) is 26.1 Å². The number of H-pyrrole nitrogens is 1. The molecule has 0 unspecified atom stereocenters. The monoisotopic (exact) mass is 264 g/mol. The van der Waals surface area contributed by atoms with Gasteiger partial charge >= 0.3 is 0 Å². The first kappa shape index (κ1) is 8.83. The molecular formula is C7H3BrF2N2S. The van der Waals surface area contributed by atoms with Crippen molar-refractivity contribution in [2.24, 2.45) is 0 Å². The molecule has 1 N–H and O–H groups in total. The zero-order chi connectivity index (χ0) is 9.42. The van der Waals surface area contributed by atoms with E-state index in [1.54, 1.807) is 6.20 Å². The van der Waals surface area contributed by atoms with Gasteiger partial charge in [0.15, 0.2) is 11.6 Å². The molecule has 0 saturated heterocycles. The Balaban J connectivity index is 2.59. The molecule has 0 aromatic carbocycles. The predicted molar refractivity (Wildman–Crippen MR) is 49.5 cm³/mol. The van der Waals surface area contributed by atoms with E-state index < -0.39 is 11.6 Å². The Morgan fingerprint density at radius 2 is 2.23 bits per heavy atom. The third-order valence-corrected chi connectivity index (χ3v) is 3.04. The van der Waals surface area contributed by atoms with E-state index in [-0.39, 0.29) is 4.88 Å². The van der Waals surface area contributed by atoms with E-state index in [0.717, 1.165) is 16.7 Å². The summed E-state index contributed by atoms with van der Waals surface area (Å²) in [6.45, 7) is 0. The smallest absolute Gasteiger partial charge is 0.179 e. The van der Waals surface area contributed by atoms with Crippen molar-refractivity contribution < 1.29 is 8.78 Å². The summed E-state index contributed by atoms with van der Waals surface area (Å²) in [5.74, 6) is -1.69. The molecule has 0 atom stereocenters. The Labute approximate surface area is 84.7 Å². The highest BCUT2D eigenvalue weighted by molar-refractivity contribution is 9.10. The minimum Gasteiger partial charge on any atom is -0.284 e. The van der Waals surface area contributed by atoms with Crippen LogP contribution in [0.5, 0.6) is 0 Å². The Bertz CT molecular complexity index is 437. The largest absolute Gasteiger partial charge is 0.284 e. The second-order valence-electron chi connectivity index (χ2n) is 2.31. The third-order valence-electron chi connectivity index (χ3n) is 1.50. The normalized spacial score (nSPS) is 10.7. The highest BCUT2D eigenvalue weighted by atomic mass is 79.9. The highest BCUT2D eigenvalue weighted by Gasteiger charge is 2.16. The Morgan fingerprint density at radius 3 is 2.69 bits per heavy atom. The molecule has 0 fully saturated rings. The lowest BCUT2D eigenvalue weighted by atomic mass is 10.3. The van der Waals surface area contributed by atoms with Gasteiger partial charge in [0.05, 0.1) is 9.35 Å². The highest BCUT2D eigenvalue weighted by Crippen LogP contribution is 2.33. The summed E-state index contributed by atoms with van der Waals surface area (Å²) in [4.78, 5) is 0.200. The van der Waals surface area contributed by atoms with Gasteiger partial charge in [0.1, 0.15) is 5.69 Å². The fourth-order valence-electron chi connectivity index (χ4n) is 0.917. The quantitative estimate of drug-likeness (QED) is 0.842. The van der Waals surface area contributed by atoms with Crippen molar-refractivity contribution >= 4 is 27.3 Å². The molecule has 0 aliphatic carbocycles. The minimum absolute atomic E-state index is 0.200. The molecule has 0 radical (unpaired) electrons. The summed E-state index contributed by atoms with van der Waals surface area (Å²) in [6, 6.07) is 0. The zero-order valence-electron chi connectivity index (χ0n) is 6.14. The number of thiophene rings is 1. The van der Waals surface area contributed by atoms with E-state index in [9.17, 15) is 8.78 Å². The van der Waals surface area contributed by atoms with Crippen molar-refractivity contribution in [2.75, 3.05) is 0 Å². The van der Waals surface area contributed by atoms with Crippen LogP contribution in [-0.4, -0.2) is 10.2 Å². The first-order chi connectivity index (χ1) is 6.20. The van der Waals surface area contributed by atoms with Gasteiger partial charge in [0.2, 0.25) is 0 Å². The van der Waals surface area contributed by atoms with E-state index in [4.69, 9.17) is 0 Å². The maximum absolute atomic E-state index is 13.1. The van der Waals surface area contributed by atoms with Crippen LogP contribution in [0.15, 0.2) is 16.0 Å². The SMILES string of the molecule is Fc1csc(-c2n[nH]cc2Br)c1F. The first-order valence-corrected chi connectivity index (χ1v) is 4.99. The predicted octanol–water partition coefficient (Wildman–Crippen LogP) is 3.18. The van der Waals surface area contributed by atoms with Crippen LogP contribution in [0.2, 0.25) is 0 Å². The molecule has 0 amide bonds. The molecule has 68 valence electrons. The fourth-order valence-corrected chi connectivity index (χ4v) is 2.23. The van der Waals surface area contributed by atoms with Gasteiger partial charge in [-0.1, -0.05) is 0 Å². The van der Waals surface area contributed by atoms with E-state index >= 15 is 0 Å². The molecule has 0 spiro atoms. The van der Waals surface area contributed by atoms with Crippen LogP contribution >= 0.6 is 27.3 Å². The van der Waals surface area contributed by atoms with Crippen molar-refractivity contribution in [3.63, 3.8) is 0 Å². The van der Waals surface area contributed by atoms with Gasteiger partial charge in [0, 0.05) is 11.6 Å². The molecule has 2 aromatic rings. The number of hydrogen-bond donors (Lipinski definition) is 1. The summed E-state index contributed by atoms with van der Waals surface area (Å²) < 4.78 is 26.3. The lowest BCUT2D eigenvalue weighted by Crippen LogP contribution is -1.80. The fraction of sp³-hybridized carbons (Fsp3) is 0. The molecular weight excluding hydrogens is 262 g/mol. The first-order valence-electron chi connectivity index (χ1n) is 3.32. The van der Waals surface area contributed by atoms with Crippen LogP contribution in [0, 0.1) is 11.6 Å².